The van der Waals surface area contributed by atoms with E-state index in [1.54, 1.807) is 0 Å². The van der Waals surface area contributed by atoms with E-state index in [0.29, 0.717) is 0 Å². The average Bonchev–Trinajstić information content (AvgIpc) is 2.38. The first-order chi connectivity index (χ1) is 9.54. The number of hydrogen-bond acceptors (Lipinski definition) is 7. The zero-order chi connectivity index (χ0) is 15.4. The molecule has 0 aliphatic heterocycles. The number of rotatable bonds is 11. The second-order valence-corrected chi connectivity index (χ2v) is 5.65. The Morgan fingerprint density at radius 2 is 1.30 bits per heavy atom. The number of nitrogens with zero attached hydrogens (tertiary/aromatic N) is 3. The molecule has 7 nitrogen and oxygen atoms in total. The number of nitriles is 2. The van der Waals surface area contributed by atoms with Gasteiger partial charge in [-0.15, -0.1) is 0 Å². The van der Waals surface area contributed by atoms with Crippen molar-refractivity contribution in [3.05, 3.63) is 0 Å². The van der Waals surface area contributed by atoms with Crippen LogP contribution >= 0.6 is 8.53 Å². The summed E-state index contributed by atoms with van der Waals surface area (Å²) in [5.41, 5.74) is 0. The molecule has 0 radical (unpaired) electrons. The van der Waals surface area contributed by atoms with Crippen LogP contribution in [0.4, 0.5) is 0 Å². The van der Waals surface area contributed by atoms with Crippen molar-refractivity contribution in [3.63, 3.8) is 0 Å². The molecule has 0 amide bonds. The first-order valence-corrected chi connectivity index (χ1v) is 7.59. The van der Waals surface area contributed by atoms with Crippen LogP contribution in [0, 0.1) is 22.7 Å². The van der Waals surface area contributed by atoms with Crippen molar-refractivity contribution in [1.82, 2.24) is 4.67 Å². The molecule has 0 fully saturated rings. The van der Waals surface area contributed by atoms with E-state index < -0.39 is 8.53 Å². The van der Waals surface area contributed by atoms with Crippen molar-refractivity contribution in [2.45, 2.75) is 52.6 Å². The molecule has 0 spiro atoms. The van der Waals surface area contributed by atoms with Crippen molar-refractivity contribution >= 4 is 8.53 Å². The fraction of sp³-hybridized carbons (Fsp3) is 0.833. The Bertz CT molecular complexity index is 298. The highest BCUT2D eigenvalue weighted by Gasteiger charge is 2.29. The third kappa shape index (κ3) is 8.39. The van der Waals surface area contributed by atoms with Gasteiger partial charge in [0, 0.05) is 12.1 Å². The first-order valence-electron chi connectivity index (χ1n) is 6.46. The molecule has 0 aromatic heterocycles. The molecule has 114 valence electrons. The predicted octanol–water partition coefficient (Wildman–Crippen LogP) is 3.06. The van der Waals surface area contributed by atoms with Gasteiger partial charge in [-0.25, -0.2) is 14.4 Å². The van der Waals surface area contributed by atoms with E-state index in [4.69, 9.17) is 29.6 Å². The van der Waals surface area contributed by atoms with Crippen molar-refractivity contribution in [1.29, 1.82) is 10.5 Å². The maximum Gasteiger partial charge on any atom is 0.324 e. The van der Waals surface area contributed by atoms with Crippen LogP contribution in [-0.4, -0.2) is 30.0 Å². The molecule has 8 heteroatoms. The third-order valence-electron chi connectivity index (χ3n) is 2.07. The lowest BCUT2D eigenvalue weighted by Crippen LogP contribution is -2.33. The predicted molar refractivity (Wildman–Crippen MR) is 73.6 cm³/mol. The van der Waals surface area contributed by atoms with Crippen LogP contribution in [0.5, 0.6) is 0 Å². The van der Waals surface area contributed by atoms with Gasteiger partial charge in [-0.2, -0.15) is 19.9 Å². The van der Waals surface area contributed by atoms with E-state index in [-0.39, 0.29) is 38.1 Å². The van der Waals surface area contributed by atoms with Crippen LogP contribution in [0.15, 0.2) is 0 Å². The van der Waals surface area contributed by atoms with Gasteiger partial charge in [0.05, 0.1) is 38.2 Å². The maximum atomic E-state index is 8.44. The molecular weight excluding hydrogens is 281 g/mol. The minimum atomic E-state index is -1.57. The molecule has 0 aromatic carbocycles. The molecule has 0 aliphatic rings. The fourth-order valence-electron chi connectivity index (χ4n) is 1.40. The molecule has 20 heavy (non-hydrogen) atoms. The molecular formula is C12H22N3O4P. The molecule has 0 unspecified atom stereocenters. The summed E-state index contributed by atoms with van der Waals surface area (Å²) < 4.78 is 12.4. The van der Waals surface area contributed by atoms with Crippen LogP contribution in [0.25, 0.3) is 0 Å². The molecule has 0 aromatic rings. The van der Waals surface area contributed by atoms with Gasteiger partial charge in [-0.05, 0) is 27.7 Å². The van der Waals surface area contributed by atoms with Gasteiger partial charge in [0.2, 0.25) is 0 Å². The summed E-state index contributed by atoms with van der Waals surface area (Å²) in [7, 11) is -1.57. The van der Waals surface area contributed by atoms with Crippen molar-refractivity contribution in [2.75, 3.05) is 13.2 Å². The molecule has 0 aliphatic carbocycles. The Balaban J connectivity index is 4.42. The minimum absolute atomic E-state index is 0.167. The van der Waals surface area contributed by atoms with Gasteiger partial charge in [-0.3, -0.25) is 0 Å². The average molecular weight is 303 g/mol. The van der Waals surface area contributed by atoms with E-state index in [1.165, 1.54) is 0 Å². The van der Waals surface area contributed by atoms with Gasteiger partial charge in [0.15, 0.2) is 0 Å². The van der Waals surface area contributed by atoms with Gasteiger partial charge in [0.25, 0.3) is 0 Å². The van der Waals surface area contributed by atoms with Crippen LogP contribution < -0.4 is 0 Å². The lowest BCUT2D eigenvalue weighted by Gasteiger charge is -2.33. The fourth-order valence-corrected chi connectivity index (χ4v) is 2.66. The van der Waals surface area contributed by atoms with Crippen LogP contribution in [-0.2, 0) is 19.1 Å². The van der Waals surface area contributed by atoms with Crippen molar-refractivity contribution < 1.29 is 19.1 Å². The minimum Gasteiger partial charge on any atom is -0.228 e. The quantitative estimate of drug-likeness (QED) is 0.251. The molecule has 0 heterocycles. The van der Waals surface area contributed by atoms with Crippen LogP contribution in [0.2, 0.25) is 0 Å². The second-order valence-electron chi connectivity index (χ2n) is 4.41. The molecule has 0 N–H and O–H groups in total. The lowest BCUT2D eigenvalue weighted by atomic mass is 10.3. The lowest BCUT2D eigenvalue weighted by molar-refractivity contribution is -0.263. The van der Waals surface area contributed by atoms with Gasteiger partial charge in [-0.1, -0.05) is 0 Å². The van der Waals surface area contributed by atoms with Gasteiger partial charge >= 0.3 is 8.53 Å². The van der Waals surface area contributed by atoms with E-state index in [1.807, 2.05) is 44.5 Å². The van der Waals surface area contributed by atoms with Crippen LogP contribution in [0.3, 0.4) is 0 Å². The largest absolute Gasteiger partial charge is 0.324 e. The third-order valence-corrected chi connectivity index (χ3v) is 3.84. The standard InChI is InChI=1S/C12H22N3O4P/c1-11(2)15(12(3)4)20(18-16-9-5-7-13)19-17-10-6-8-14/h11-12H,5-6,9-10H2,1-4H3. The molecule has 0 saturated carbocycles. The van der Waals surface area contributed by atoms with Crippen molar-refractivity contribution in [2.24, 2.45) is 0 Å². The second kappa shape index (κ2) is 12.0. The Morgan fingerprint density at radius 1 is 0.900 bits per heavy atom. The summed E-state index contributed by atoms with van der Waals surface area (Å²) in [6, 6.07) is 4.25. The Kier molecular flexibility index (Phi) is 11.5. The normalized spacial score (nSPS) is 11.3. The zero-order valence-electron chi connectivity index (χ0n) is 12.4. The highest BCUT2D eigenvalue weighted by molar-refractivity contribution is 7.44. The summed E-state index contributed by atoms with van der Waals surface area (Å²) in [6.45, 7) is 8.36. The van der Waals surface area contributed by atoms with Crippen LogP contribution in [0.1, 0.15) is 40.5 Å². The smallest absolute Gasteiger partial charge is 0.228 e. The summed E-state index contributed by atoms with van der Waals surface area (Å²) >= 11 is 0. The summed E-state index contributed by atoms with van der Waals surface area (Å²) in [4.78, 5) is 9.94. The van der Waals surface area contributed by atoms with E-state index in [0.717, 1.165) is 0 Å². The highest BCUT2D eigenvalue weighted by atomic mass is 31.2. The highest BCUT2D eigenvalue weighted by Crippen LogP contribution is 2.46. The molecule has 0 saturated heterocycles. The monoisotopic (exact) mass is 303 g/mol. The summed E-state index contributed by atoms with van der Waals surface area (Å²) in [6.07, 6.45) is 0.476. The summed E-state index contributed by atoms with van der Waals surface area (Å²) in [5, 5.41) is 16.9. The van der Waals surface area contributed by atoms with Gasteiger partial charge in [0.1, 0.15) is 0 Å². The van der Waals surface area contributed by atoms with E-state index in [2.05, 4.69) is 0 Å². The molecule has 0 rings (SSSR count). The molecule has 0 bridgehead atoms. The molecule has 0 atom stereocenters. The topological polar surface area (TPSA) is 87.7 Å². The van der Waals surface area contributed by atoms with E-state index >= 15 is 0 Å². The zero-order valence-corrected chi connectivity index (χ0v) is 13.3. The van der Waals surface area contributed by atoms with E-state index in [9.17, 15) is 0 Å². The summed E-state index contributed by atoms with van der Waals surface area (Å²) in [5.74, 6) is 0. The maximum absolute atomic E-state index is 8.44. The Labute approximate surface area is 121 Å². The first kappa shape index (κ1) is 19.2. The Hall–Kier alpha value is -0.790. The Morgan fingerprint density at radius 3 is 1.60 bits per heavy atom. The SMILES string of the molecule is CC(C)N(C(C)C)P(OOCCC#N)OOCCC#N. The number of hydrogen-bond donors (Lipinski definition) is 0. The van der Waals surface area contributed by atoms with Gasteiger partial charge < -0.3 is 0 Å². The van der Waals surface area contributed by atoms with Crippen molar-refractivity contribution in [3.8, 4) is 12.1 Å².